The molecule has 5 nitrogen and oxygen atoms in total. The summed E-state index contributed by atoms with van der Waals surface area (Å²) in [6.45, 7) is 5.87. The molecule has 1 aliphatic rings. The highest BCUT2D eigenvalue weighted by Gasteiger charge is 2.17. The van der Waals surface area contributed by atoms with Gasteiger partial charge in [-0.1, -0.05) is 19.9 Å². The highest BCUT2D eigenvalue weighted by Crippen LogP contribution is 2.38. The lowest BCUT2D eigenvalue weighted by Crippen LogP contribution is -2.35. The average Bonchev–Trinajstić information content (AvgIpc) is 2.42. The smallest absolute Gasteiger partial charge is 0.203 e. The van der Waals surface area contributed by atoms with E-state index in [-0.39, 0.29) is 6.61 Å². The van der Waals surface area contributed by atoms with Crippen LogP contribution in [0.1, 0.15) is 13.8 Å². The lowest BCUT2D eigenvalue weighted by molar-refractivity contribution is 0.0984. The van der Waals surface area contributed by atoms with Crippen molar-refractivity contribution in [2.75, 3.05) is 26.4 Å². The van der Waals surface area contributed by atoms with Gasteiger partial charge < -0.3 is 24.6 Å². The number of hydrogen-bond donors (Lipinski definition) is 2. The number of para-hydroxylation sites is 1. The summed E-state index contributed by atoms with van der Waals surface area (Å²) >= 11 is 0. The highest BCUT2D eigenvalue weighted by molar-refractivity contribution is 5.51. The van der Waals surface area contributed by atoms with Crippen LogP contribution in [-0.4, -0.2) is 43.6 Å². The Hall–Kier alpha value is -1.46. The van der Waals surface area contributed by atoms with Gasteiger partial charge in [-0.2, -0.15) is 0 Å². The Morgan fingerprint density at radius 3 is 2.89 bits per heavy atom. The minimum absolute atomic E-state index is 0.222. The molecule has 1 unspecified atom stereocenters. The third-order valence-electron chi connectivity index (χ3n) is 2.72. The summed E-state index contributed by atoms with van der Waals surface area (Å²) in [7, 11) is 0. The number of ether oxygens (including phenoxy) is 3. The van der Waals surface area contributed by atoms with E-state index in [1.165, 1.54) is 0 Å². The first-order valence-electron chi connectivity index (χ1n) is 6.59. The molecule has 1 aliphatic heterocycles. The number of fused-ring (bicyclic) bond motifs is 1. The Labute approximate surface area is 113 Å². The SMILES string of the molecule is CC(C)NCC(O)COc1cccc2c1OCCO2. The van der Waals surface area contributed by atoms with E-state index in [1.807, 2.05) is 32.0 Å². The Bertz CT molecular complexity index is 408. The van der Waals surface area contributed by atoms with Gasteiger partial charge in [0.25, 0.3) is 0 Å². The molecule has 0 amide bonds. The number of nitrogens with one attached hydrogen (secondary N) is 1. The summed E-state index contributed by atoms with van der Waals surface area (Å²) in [6.07, 6.45) is -0.553. The number of rotatable bonds is 6. The third-order valence-corrected chi connectivity index (χ3v) is 2.72. The number of benzene rings is 1. The fourth-order valence-corrected chi connectivity index (χ4v) is 1.78. The first kappa shape index (κ1) is 14.0. The van der Waals surface area contributed by atoms with E-state index in [2.05, 4.69) is 5.32 Å². The van der Waals surface area contributed by atoms with E-state index in [4.69, 9.17) is 14.2 Å². The fourth-order valence-electron chi connectivity index (χ4n) is 1.78. The van der Waals surface area contributed by atoms with Crippen molar-refractivity contribution in [1.82, 2.24) is 5.32 Å². The first-order valence-corrected chi connectivity index (χ1v) is 6.59. The fraction of sp³-hybridized carbons (Fsp3) is 0.571. The predicted octanol–water partition coefficient (Wildman–Crippen LogP) is 1.20. The van der Waals surface area contributed by atoms with Crippen LogP contribution in [-0.2, 0) is 0 Å². The maximum absolute atomic E-state index is 9.80. The van der Waals surface area contributed by atoms with Crippen molar-refractivity contribution in [3.8, 4) is 17.2 Å². The lowest BCUT2D eigenvalue weighted by atomic mass is 10.2. The third kappa shape index (κ3) is 4.01. The van der Waals surface area contributed by atoms with Crippen molar-refractivity contribution in [3.63, 3.8) is 0 Å². The van der Waals surface area contributed by atoms with E-state index in [9.17, 15) is 5.11 Å². The second kappa shape index (κ2) is 6.63. The number of hydrogen-bond acceptors (Lipinski definition) is 5. The molecule has 0 fully saturated rings. The Morgan fingerprint density at radius 2 is 2.11 bits per heavy atom. The minimum atomic E-state index is -0.553. The van der Waals surface area contributed by atoms with E-state index >= 15 is 0 Å². The molecule has 1 atom stereocenters. The zero-order valence-electron chi connectivity index (χ0n) is 11.4. The van der Waals surface area contributed by atoms with E-state index in [0.29, 0.717) is 43.0 Å². The molecule has 0 saturated carbocycles. The Kier molecular flexibility index (Phi) is 4.87. The van der Waals surface area contributed by atoms with Crippen molar-refractivity contribution in [2.24, 2.45) is 0 Å². The van der Waals surface area contributed by atoms with Gasteiger partial charge in [0, 0.05) is 12.6 Å². The maximum atomic E-state index is 9.80. The van der Waals surface area contributed by atoms with Gasteiger partial charge in [0.2, 0.25) is 5.75 Å². The molecule has 0 spiro atoms. The molecule has 19 heavy (non-hydrogen) atoms. The van der Waals surface area contributed by atoms with Crippen molar-refractivity contribution in [3.05, 3.63) is 18.2 Å². The second-order valence-electron chi connectivity index (χ2n) is 4.81. The predicted molar refractivity (Wildman–Crippen MR) is 72.1 cm³/mol. The zero-order chi connectivity index (χ0) is 13.7. The van der Waals surface area contributed by atoms with Crippen LogP contribution in [0.15, 0.2) is 18.2 Å². The monoisotopic (exact) mass is 267 g/mol. The summed E-state index contributed by atoms with van der Waals surface area (Å²) in [6, 6.07) is 5.85. The second-order valence-corrected chi connectivity index (χ2v) is 4.81. The summed E-state index contributed by atoms with van der Waals surface area (Å²) in [4.78, 5) is 0. The van der Waals surface area contributed by atoms with Gasteiger partial charge in [0.15, 0.2) is 11.5 Å². The van der Waals surface area contributed by atoms with Crippen molar-refractivity contribution < 1.29 is 19.3 Å². The van der Waals surface area contributed by atoms with Gasteiger partial charge in [-0.3, -0.25) is 0 Å². The first-order chi connectivity index (χ1) is 9.16. The van der Waals surface area contributed by atoms with Crippen molar-refractivity contribution >= 4 is 0 Å². The van der Waals surface area contributed by atoms with Gasteiger partial charge in [0.1, 0.15) is 25.9 Å². The van der Waals surface area contributed by atoms with Crippen LogP contribution in [0.25, 0.3) is 0 Å². The largest absolute Gasteiger partial charge is 0.487 e. The van der Waals surface area contributed by atoms with Crippen LogP contribution >= 0.6 is 0 Å². The molecule has 1 heterocycles. The van der Waals surface area contributed by atoms with E-state index < -0.39 is 6.10 Å². The Balaban J connectivity index is 1.89. The molecule has 2 N–H and O–H groups in total. The minimum Gasteiger partial charge on any atom is -0.487 e. The molecule has 1 aromatic rings. The average molecular weight is 267 g/mol. The van der Waals surface area contributed by atoms with Crippen LogP contribution in [0.3, 0.4) is 0 Å². The van der Waals surface area contributed by atoms with Gasteiger partial charge in [-0.15, -0.1) is 0 Å². The molecule has 0 aromatic heterocycles. The number of aliphatic hydroxyl groups is 1. The van der Waals surface area contributed by atoms with Crippen molar-refractivity contribution in [2.45, 2.75) is 26.0 Å². The standard InChI is InChI=1S/C14H21NO4/c1-10(2)15-8-11(16)9-19-13-5-3-4-12-14(13)18-7-6-17-12/h3-5,10-11,15-16H,6-9H2,1-2H3. The molecule has 1 aromatic carbocycles. The molecule has 0 radical (unpaired) electrons. The number of aliphatic hydroxyl groups excluding tert-OH is 1. The summed E-state index contributed by atoms with van der Waals surface area (Å²) in [5.74, 6) is 1.93. The quantitative estimate of drug-likeness (QED) is 0.811. The molecular formula is C14H21NO4. The molecule has 106 valence electrons. The topological polar surface area (TPSA) is 60.0 Å². The van der Waals surface area contributed by atoms with E-state index in [0.717, 1.165) is 0 Å². The molecule has 0 saturated heterocycles. The Morgan fingerprint density at radius 1 is 1.32 bits per heavy atom. The van der Waals surface area contributed by atoms with E-state index in [1.54, 1.807) is 0 Å². The molecule has 5 heteroatoms. The normalized spacial score (nSPS) is 15.4. The van der Waals surface area contributed by atoms with Crippen LogP contribution in [0, 0.1) is 0 Å². The van der Waals surface area contributed by atoms with Crippen LogP contribution in [0.2, 0.25) is 0 Å². The van der Waals surface area contributed by atoms with Gasteiger partial charge in [-0.05, 0) is 12.1 Å². The molecule has 0 bridgehead atoms. The van der Waals surface area contributed by atoms with Crippen LogP contribution in [0.4, 0.5) is 0 Å². The molecule has 2 rings (SSSR count). The highest BCUT2D eigenvalue weighted by atomic mass is 16.6. The summed E-state index contributed by atoms with van der Waals surface area (Å²) < 4.78 is 16.6. The van der Waals surface area contributed by atoms with Crippen LogP contribution in [0.5, 0.6) is 17.2 Å². The molecule has 0 aliphatic carbocycles. The van der Waals surface area contributed by atoms with Crippen LogP contribution < -0.4 is 19.5 Å². The lowest BCUT2D eigenvalue weighted by Gasteiger charge is -2.21. The van der Waals surface area contributed by atoms with Gasteiger partial charge >= 0.3 is 0 Å². The maximum Gasteiger partial charge on any atom is 0.203 e. The summed E-state index contributed by atoms with van der Waals surface area (Å²) in [5, 5.41) is 13.0. The van der Waals surface area contributed by atoms with Gasteiger partial charge in [-0.25, -0.2) is 0 Å². The zero-order valence-corrected chi connectivity index (χ0v) is 11.4. The van der Waals surface area contributed by atoms with Gasteiger partial charge in [0.05, 0.1) is 0 Å². The molecular weight excluding hydrogens is 246 g/mol. The van der Waals surface area contributed by atoms with Crippen molar-refractivity contribution in [1.29, 1.82) is 0 Å². The summed E-state index contributed by atoms with van der Waals surface area (Å²) in [5.41, 5.74) is 0.